The van der Waals surface area contributed by atoms with E-state index in [2.05, 4.69) is 41.7 Å². The van der Waals surface area contributed by atoms with Gasteiger partial charge in [-0.25, -0.2) is 9.78 Å². The van der Waals surface area contributed by atoms with E-state index in [1.807, 2.05) is 6.07 Å². The first-order valence-electron chi connectivity index (χ1n) is 6.44. The molecule has 1 N–H and O–H groups in total. The van der Waals surface area contributed by atoms with E-state index in [1.165, 1.54) is 6.07 Å². The Hall–Kier alpha value is -1.88. The first kappa shape index (κ1) is 15.5. The summed E-state index contributed by atoms with van der Waals surface area (Å²) >= 11 is 3.30. The molecule has 0 atom stereocenters. The predicted molar refractivity (Wildman–Crippen MR) is 84.1 cm³/mol. The minimum absolute atomic E-state index is 0.00747. The van der Waals surface area contributed by atoms with Gasteiger partial charge in [0.15, 0.2) is 0 Å². The van der Waals surface area contributed by atoms with Crippen LogP contribution in [-0.2, 0) is 5.41 Å². The Balaban J connectivity index is 2.30. The quantitative estimate of drug-likeness (QED) is 0.877. The molecule has 0 unspecified atom stereocenters. The molecular formula is C16H16BrNO3. The molecule has 0 bridgehead atoms. The Morgan fingerprint density at radius 1 is 1.24 bits per heavy atom. The zero-order valence-electron chi connectivity index (χ0n) is 12.1. The summed E-state index contributed by atoms with van der Waals surface area (Å²) in [5, 5.41) is 9.17. The van der Waals surface area contributed by atoms with Gasteiger partial charge < -0.3 is 9.84 Å². The highest BCUT2D eigenvalue weighted by Crippen LogP contribution is 2.29. The van der Waals surface area contributed by atoms with Gasteiger partial charge in [-0.15, -0.1) is 0 Å². The molecule has 1 aromatic heterocycles. The molecule has 2 rings (SSSR count). The lowest BCUT2D eigenvalue weighted by molar-refractivity contribution is 0.0694. The number of hydrogen-bond acceptors (Lipinski definition) is 3. The van der Waals surface area contributed by atoms with Crippen molar-refractivity contribution >= 4 is 21.9 Å². The van der Waals surface area contributed by atoms with Gasteiger partial charge in [0, 0.05) is 16.7 Å². The SMILES string of the molecule is CC(C)(C)c1ccc(Oc2cc(Br)ccc2C(=O)O)nc1. The molecular weight excluding hydrogens is 334 g/mol. The van der Waals surface area contributed by atoms with Crippen LogP contribution in [0.1, 0.15) is 36.7 Å². The molecule has 0 saturated carbocycles. The van der Waals surface area contributed by atoms with Crippen molar-refractivity contribution in [2.75, 3.05) is 0 Å². The molecule has 110 valence electrons. The van der Waals surface area contributed by atoms with E-state index in [-0.39, 0.29) is 16.7 Å². The van der Waals surface area contributed by atoms with Crippen molar-refractivity contribution in [1.82, 2.24) is 4.98 Å². The van der Waals surface area contributed by atoms with Gasteiger partial charge in [0.25, 0.3) is 0 Å². The number of aromatic nitrogens is 1. The zero-order valence-corrected chi connectivity index (χ0v) is 13.6. The Kier molecular flexibility index (Phi) is 4.32. The molecule has 1 aromatic carbocycles. The third kappa shape index (κ3) is 3.82. The van der Waals surface area contributed by atoms with Gasteiger partial charge in [0.1, 0.15) is 11.3 Å². The number of aromatic carboxylic acids is 1. The minimum Gasteiger partial charge on any atom is -0.478 e. The third-order valence-corrected chi connectivity index (χ3v) is 3.48. The van der Waals surface area contributed by atoms with Crippen LogP contribution in [0.2, 0.25) is 0 Å². The maximum Gasteiger partial charge on any atom is 0.339 e. The number of nitrogens with zero attached hydrogens (tertiary/aromatic N) is 1. The van der Waals surface area contributed by atoms with E-state index in [0.29, 0.717) is 5.88 Å². The molecule has 1 heterocycles. The Labute approximate surface area is 131 Å². The van der Waals surface area contributed by atoms with E-state index >= 15 is 0 Å². The van der Waals surface area contributed by atoms with Crippen LogP contribution in [0.25, 0.3) is 0 Å². The normalized spacial score (nSPS) is 11.2. The smallest absolute Gasteiger partial charge is 0.339 e. The highest BCUT2D eigenvalue weighted by Gasteiger charge is 2.16. The summed E-state index contributed by atoms with van der Waals surface area (Å²) in [6.07, 6.45) is 1.74. The molecule has 4 nitrogen and oxygen atoms in total. The monoisotopic (exact) mass is 349 g/mol. The maximum absolute atomic E-state index is 11.2. The van der Waals surface area contributed by atoms with Crippen LogP contribution in [0.5, 0.6) is 11.6 Å². The first-order valence-corrected chi connectivity index (χ1v) is 7.24. The van der Waals surface area contributed by atoms with Gasteiger partial charge in [0.05, 0.1) is 0 Å². The van der Waals surface area contributed by atoms with Gasteiger partial charge in [-0.05, 0) is 29.2 Å². The molecule has 21 heavy (non-hydrogen) atoms. The lowest BCUT2D eigenvalue weighted by atomic mass is 9.88. The van der Waals surface area contributed by atoms with Crippen molar-refractivity contribution in [3.63, 3.8) is 0 Å². The average molecular weight is 350 g/mol. The van der Waals surface area contributed by atoms with Crippen LogP contribution in [0.3, 0.4) is 0 Å². The number of carboxylic acids is 1. The van der Waals surface area contributed by atoms with Crippen LogP contribution in [0.4, 0.5) is 0 Å². The van der Waals surface area contributed by atoms with E-state index in [9.17, 15) is 4.79 Å². The van der Waals surface area contributed by atoms with Gasteiger partial charge in [-0.1, -0.05) is 42.8 Å². The second-order valence-corrected chi connectivity index (χ2v) is 6.60. The van der Waals surface area contributed by atoms with Gasteiger partial charge in [0.2, 0.25) is 5.88 Å². The zero-order chi connectivity index (χ0) is 15.6. The van der Waals surface area contributed by atoms with Crippen molar-refractivity contribution in [3.8, 4) is 11.6 Å². The summed E-state index contributed by atoms with van der Waals surface area (Å²) in [6.45, 7) is 6.30. The molecule has 2 aromatic rings. The van der Waals surface area contributed by atoms with Crippen LogP contribution in [0, 0.1) is 0 Å². The molecule has 0 spiro atoms. The van der Waals surface area contributed by atoms with Gasteiger partial charge >= 0.3 is 5.97 Å². The fourth-order valence-electron chi connectivity index (χ4n) is 1.75. The number of ether oxygens (including phenoxy) is 1. The van der Waals surface area contributed by atoms with Crippen LogP contribution >= 0.6 is 15.9 Å². The molecule has 0 aliphatic rings. The number of hydrogen-bond donors (Lipinski definition) is 1. The number of rotatable bonds is 3. The largest absolute Gasteiger partial charge is 0.478 e. The highest BCUT2D eigenvalue weighted by molar-refractivity contribution is 9.10. The topological polar surface area (TPSA) is 59.4 Å². The molecule has 0 aliphatic carbocycles. The number of halogens is 1. The Bertz CT molecular complexity index is 660. The molecule has 0 radical (unpaired) electrons. The fraction of sp³-hybridized carbons (Fsp3) is 0.250. The molecule has 0 aliphatic heterocycles. The fourth-order valence-corrected chi connectivity index (χ4v) is 2.09. The van der Waals surface area contributed by atoms with Crippen LogP contribution in [-0.4, -0.2) is 16.1 Å². The van der Waals surface area contributed by atoms with E-state index in [0.717, 1.165) is 10.0 Å². The molecule has 0 fully saturated rings. The van der Waals surface area contributed by atoms with Crippen LogP contribution in [0.15, 0.2) is 41.0 Å². The maximum atomic E-state index is 11.2. The second-order valence-electron chi connectivity index (χ2n) is 5.68. The van der Waals surface area contributed by atoms with Crippen molar-refractivity contribution in [1.29, 1.82) is 0 Å². The lowest BCUT2D eigenvalue weighted by Crippen LogP contribution is -2.11. The summed E-state index contributed by atoms with van der Waals surface area (Å²) in [4.78, 5) is 15.4. The van der Waals surface area contributed by atoms with E-state index in [1.54, 1.807) is 24.4 Å². The summed E-state index contributed by atoms with van der Waals surface area (Å²) in [6, 6.07) is 8.44. The van der Waals surface area contributed by atoms with Gasteiger partial charge in [-0.3, -0.25) is 0 Å². The van der Waals surface area contributed by atoms with Crippen molar-refractivity contribution in [2.24, 2.45) is 0 Å². The summed E-state index contributed by atoms with van der Waals surface area (Å²) < 4.78 is 6.34. The molecule has 5 heteroatoms. The number of pyridine rings is 1. The second kappa shape index (κ2) is 5.85. The summed E-state index contributed by atoms with van der Waals surface area (Å²) in [5.74, 6) is -0.416. The van der Waals surface area contributed by atoms with Gasteiger partial charge in [-0.2, -0.15) is 0 Å². The van der Waals surface area contributed by atoms with E-state index < -0.39 is 5.97 Å². The van der Waals surface area contributed by atoms with Crippen LogP contribution < -0.4 is 4.74 Å². The van der Waals surface area contributed by atoms with Crippen molar-refractivity contribution in [3.05, 3.63) is 52.1 Å². The minimum atomic E-state index is -1.04. The molecule has 0 amide bonds. The summed E-state index contributed by atoms with van der Waals surface area (Å²) in [7, 11) is 0. The highest BCUT2D eigenvalue weighted by atomic mass is 79.9. The number of benzene rings is 1. The van der Waals surface area contributed by atoms with Crippen molar-refractivity contribution in [2.45, 2.75) is 26.2 Å². The number of carboxylic acid groups (broad SMARTS) is 1. The van der Waals surface area contributed by atoms with Crippen molar-refractivity contribution < 1.29 is 14.6 Å². The third-order valence-electron chi connectivity index (χ3n) is 2.99. The predicted octanol–water partition coefficient (Wildman–Crippen LogP) is 4.63. The molecule has 0 saturated heterocycles. The number of carbonyl (C=O) groups is 1. The lowest BCUT2D eigenvalue weighted by Gasteiger charge is -2.18. The Morgan fingerprint density at radius 3 is 2.48 bits per heavy atom. The Morgan fingerprint density at radius 2 is 1.95 bits per heavy atom. The first-order chi connectivity index (χ1) is 9.77. The summed E-state index contributed by atoms with van der Waals surface area (Å²) in [5.41, 5.74) is 1.19. The standard InChI is InChI=1S/C16H16BrNO3/c1-16(2,3)10-4-7-14(18-9-10)21-13-8-11(17)5-6-12(13)15(19)20/h4-9H,1-3H3,(H,19,20). The average Bonchev–Trinajstić information content (AvgIpc) is 2.38. The van der Waals surface area contributed by atoms with E-state index in [4.69, 9.17) is 9.84 Å².